The van der Waals surface area contributed by atoms with Crippen LogP contribution in [0.15, 0.2) is 18.2 Å². The van der Waals surface area contributed by atoms with Gasteiger partial charge in [0.2, 0.25) is 0 Å². The molecule has 0 saturated carbocycles. The summed E-state index contributed by atoms with van der Waals surface area (Å²) in [4.78, 5) is 0. The van der Waals surface area contributed by atoms with Crippen LogP contribution in [0.25, 0.3) is 0 Å². The Morgan fingerprint density at radius 1 is 1.35 bits per heavy atom. The lowest BCUT2D eigenvalue weighted by Gasteiger charge is -2.30. The summed E-state index contributed by atoms with van der Waals surface area (Å²) < 4.78 is 5.37. The van der Waals surface area contributed by atoms with Crippen molar-refractivity contribution in [3.05, 3.63) is 29.3 Å². The predicted molar refractivity (Wildman–Crippen MR) is 85.1 cm³/mol. The first kappa shape index (κ1) is 15.4. The smallest absolute Gasteiger partial charge is 0.119 e. The zero-order valence-corrected chi connectivity index (χ0v) is 13.2. The van der Waals surface area contributed by atoms with Gasteiger partial charge in [0.15, 0.2) is 0 Å². The maximum absolute atomic E-state index is 6.79. The Labute approximate surface area is 123 Å². The fraction of sp³-hybridized carbons (Fsp3) is 0.667. The summed E-state index contributed by atoms with van der Waals surface area (Å²) in [7, 11) is 1.73. The van der Waals surface area contributed by atoms with E-state index in [1.165, 1.54) is 36.8 Å². The van der Waals surface area contributed by atoms with Gasteiger partial charge in [-0.15, -0.1) is 0 Å². The van der Waals surface area contributed by atoms with Gasteiger partial charge in [-0.1, -0.05) is 45.6 Å². The van der Waals surface area contributed by atoms with Crippen LogP contribution in [0.3, 0.4) is 0 Å². The number of unbranched alkanes of at least 4 members (excludes halogenated alkanes) is 1. The molecular formula is C18H29NO. The van der Waals surface area contributed by atoms with Crippen molar-refractivity contribution in [1.29, 1.82) is 0 Å². The predicted octanol–water partition coefficient (Wildman–Crippen LogP) is 4.40. The lowest BCUT2D eigenvalue weighted by atomic mass is 9.80. The van der Waals surface area contributed by atoms with Gasteiger partial charge in [-0.3, -0.25) is 0 Å². The van der Waals surface area contributed by atoms with E-state index >= 15 is 0 Å². The fourth-order valence-corrected chi connectivity index (χ4v) is 3.53. The average Bonchev–Trinajstić information content (AvgIpc) is 2.80. The third-order valence-corrected chi connectivity index (χ3v) is 4.89. The van der Waals surface area contributed by atoms with E-state index in [9.17, 15) is 0 Å². The highest BCUT2D eigenvalue weighted by Gasteiger charge is 2.36. The van der Waals surface area contributed by atoms with Gasteiger partial charge in [0.1, 0.15) is 5.75 Å². The number of ether oxygens (including phenoxy) is 1. The Hall–Kier alpha value is -1.02. The molecule has 2 unspecified atom stereocenters. The van der Waals surface area contributed by atoms with Crippen LogP contribution in [0.1, 0.15) is 63.5 Å². The summed E-state index contributed by atoms with van der Waals surface area (Å²) in [6.07, 6.45) is 8.45. The van der Waals surface area contributed by atoms with Gasteiger partial charge in [-0.2, -0.15) is 0 Å². The van der Waals surface area contributed by atoms with Crippen molar-refractivity contribution in [3.8, 4) is 5.75 Å². The number of benzene rings is 1. The van der Waals surface area contributed by atoms with Crippen LogP contribution < -0.4 is 10.5 Å². The third kappa shape index (κ3) is 3.17. The fourth-order valence-electron chi connectivity index (χ4n) is 3.53. The van der Waals surface area contributed by atoms with Gasteiger partial charge in [0, 0.05) is 5.54 Å². The summed E-state index contributed by atoms with van der Waals surface area (Å²) >= 11 is 0. The number of methoxy groups -OCH3 is 1. The van der Waals surface area contributed by atoms with Crippen molar-refractivity contribution in [3.63, 3.8) is 0 Å². The van der Waals surface area contributed by atoms with Crippen LogP contribution in [-0.4, -0.2) is 7.11 Å². The van der Waals surface area contributed by atoms with E-state index in [0.717, 1.165) is 30.9 Å². The molecule has 2 atom stereocenters. The van der Waals surface area contributed by atoms with Crippen LogP contribution in [0.5, 0.6) is 5.75 Å². The molecule has 1 aliphatic rings. The number of nitrogens with two attached hydrogens (primary N) is 1. The average molecular weight is 275 g/mol. The molecule has 1 aromatic carbocycles. The van der Waals surface area contributed by atoms with E-state index in [-0.39, 0.29) is 5.54 Å². The molecular weight excluding hydrogens is 246 g/mol. The standard InChI is InChI=1S/C18H29NO/c1-4-6-7-14(5-2)13-18(19)11-10-15-8-9-16(20-3)12-17(15)18/h8-9,12,14H,4-7,10-11,13,19H2,1-3H3. The highest BCUT2D eigenvalue weighted by Crippen LogP contribution is 2.42. The van der Waals surface area contributed by atoms with Gasteiger partial charge < -0.3 is 10.5 Å². The molecule has 2 heteroatoms. The highest BCUT2D eigenvalue weighted by atomic mass is 16.5. The van der Waals surface area contributed by atoms with Crippen molar-refractivity contribution in [1.82, 2.24) is 0 Å². The third-order valence-electron chi connectivity index (χ3n) is 4.89. The van der Waals surface area contributed by atoms with Gasteiger partial charge in [-0.05, 0) is 48.4 Å². The van der Waals surface area contributed by atoms with E-state index in [1.807, 2.05) is 0 Å². The van der Waals surface area contributed by atoms with Crippen LogP contribution in [-0.2, 0) is 12.0 Å². The molecule has 0 spiro atoms. The summed E-state index contributed by atoms with van der Waals surface area (Å²) in [5, 5.41) is 0. The molecule has 0 bridgehead atoms. The van der Waals surface area contributed by atoms with Crippen molar-refractivity contribution in [2.45, 2.75) is 64.3 Å². The van der Waals surface area contributed by atoms with Gasteiger partial charge in [0.25, 0.3) is 0 Å². The van der Waals surface area contributed by atoms with E-state index in [4.69, 9.17) is 10.5 Å². The molecule has 1 aliphatic carbocycles. The van der Waals surface area contributed by atoms with Crippen LogP contribution in [0.2, 0.25) is 0 Å². The lowest BCUT2D eigenvalue weighted by molar-refractivity contribution is 0.294. The molecule has 0 heterocycles. The van der Waals surface area contributed by atoms with Crippen LogP contribution in [0, 0.1) is 5.92 Å². The molecule has 0 amide bonds. The first-order valence-electron chi connectivity index (χ1n) is 8.09. The number of fused-ring (bicyclic) bond motifs is 1. The normalized spacial score (nSPS) is 22.6. The maximum atomic E-state index is 6.79. The molecule has 112 valence electrons. The topological polar surface area (TPSA) is 35.2 Å². The second kappa shape index (κ2) is 6.62. The van der Waals surface area contributed by atoms with Crippen LogP contribution >= 0.6 is 0 Å². The van der Waals surface area contributed by atoms with E-state index < -0.39 is 0 Å². The van der Waals surface area contributed by atoms with Gasteiger partial charge >= 0.3 is 0 Å². The second-order valence-electron chi connectivity index (χ2n) is 6.30. The first-order chi connectivity index (χ1) is 9.62. The zero-order chi connectivity index (χ0) is 14.6. The minimum Gasteiger partial charge on any atom is -0.497 e. The monoisotopic (exact) mass is 275 g/mol. The van der Waals surface area contributed by atoms with E-state index in [1.54, 1.807) is 7.11 Å². The van der Waals surface area contributed by atoms with Gasteiger partial charge in [-0.25, -0.2) is 0 Å². The summed E-state index contributed by atoms with van der Waals surface area (Å²) in [5.74, 6) is 1.68. The Morgan fingerprint density at radius 3 is 2.80 bits per heavy atom. The summed E-state index contributed by atoms with van der Waals surface area (Å²) in [6.45, 7) is 4.56. The largest absolute Gasteiger partial charge is 0.497 e. The Morgan fingerprint density at radius 2 is 2.15 bits per heavy atom. The lowest BCUT2D eigenvalue weighted by Crippen LogP contribution is -2.36. The first-order valence-corrected chi connectivity index (χ1v) is 8.09. The quantitative estimate of drug-likeness (QED) is 0.800. The van der Waals surface area contributed by atoms with E-state index in [2.05, 4.69) is 32.0 Å². The summed E-state index contributed by atoms with van der Waals surface area (Å²) in [6, 6.07) is 6.41. The Balaban J connectivity index is 2.16. The molecule has 2 N–H and O–H groups in total. The molecule has 0 fully saturated rings. The van der Waals surface area contributed by atoms with Crippen molar-refractivity contribution in [2.24, 2.45) is 11.7 Å². The molecule has 20 heavy (non-hydrogen) atoms. The number of hydrogen-bond acceptors (Lipinski definition) is 2. The maximum Gasteiger partial charge on any atom is 0.119 e. The molecule has 1 aromatic rings. The molecule has 0 aliphatic heterocycles. The minimum absolute atomic E-state index is 0.141. The molecule has 0 aromatic heterocycles. The van der Waals surface area contributed by atoms with Crippen molar-refractivity contribution in [2.75, 3.05) is 7.11 Å². The number of rotatable bonds is 7. The Kier molecular flexibility index (Phi) is 5.09. The van der Waals surface area contributed by atoms with Crippen LogP contribution in [0.4, 0.5) is 0 Å². The SMILES string of the molecule is CCCCC(CC)CC1(N)CCc2ccc(OC)cc21. The Bertz CT molecular complexity index is 443. The second-order valence-corrected chi connectivity index (χ2v) is 6.30. The summed E-state index contributed by atoms with van der Waals surface area (Å²) in [5.41, 5.74) is 9.39. The van der Waals surface area contributed by atoms with Crippen molar-refractivity contribution < 1.29 is 4.74 Å². The minimum atomic E-state index is -0.141. The van der Waals surface area contributed by atoms with Crippen molar-refractivity contribution >= 4 is 0 Å². The molecule has 0 radical (unpaired) electrons. The highest BCUT2D eigenvalue weighted by molar-refractivity contribution is 5.43. The zero-order valence-electron chi connectivity index (χ0n) is 13.2. The van der Waals surface area contributed by atoms with Gasteiger partial charge in [0.05, 0.1) is 7.11 Å². The molecule has 2 nitrogen and oxygen atoms in total. The molecule has 2 rings (SSSR count). The molecule has 0 saturated heterocycles. The van der Waals surface area contributed by atoms with E-state index in [0.29, 0.717) is 0 Å². The number of aryl methyl sites for hydroxylation is 1. The number of hydrogen-bond donors (Lipinski definition) is 1.